The number of hydrogen-bond donors (Lipinski definition) is 1. The van der Waals surface area contributed by atoms with E-state index in [1.165, 1.54) is 0 Å². The first kappa shape index (κ1) is 15.6. The molecule has 1 saturated heterocycles. The Kier molecular flexibility index (Phi) is 5.83. The van der Waals surface area contributed by atoms with Gasteiger partial charge >= 0.3 is 0 Å². The number of carbonyl (C=O) groups excluding carboxylic acids is 1. The van der Waals surface area contributed by atoms with Crippen LogP contribution in [0.2, 0.25) is 0 Å². The zero-order valence-electron chi connectivity index (χ0n) is 12.3. The summed E-state index contributed by atoms with van der Waals surface area (Å²) in [6.07, 6.45) is 0. The van der Waals surface area contributed by atoms with Crippen molar-refractivity contribution < 1.29 is 19.0 Å². The lowest BCUT2D eigenvalue weighted by molar-refractivity contribution is -0.137. The number of nitrogens with zero attached hydrogens (tertiary/aromatic N) is 1. The first-order valence-corrected chi connectivity index (χ1v) is 7.19. The lowest BCUT2D eigenvalue weighted by atomic mass is 10.2. The summed E-state index contributed by atoms with van der Waals surface area (Å²) < 4.78 is 16.5. The molecule has 2 N–H and O–H groups in total. The predicted molar refractivity (Wildman–Crippen MR) is 78.4 cm³/mol. The Morgan fingerprint density at radius 2 is 2.10 bits per heavy atom. The molecular weight excluding hydrogens is 272 g/mol. The Labute approximate surface area is 124 Å². The van der Waals surface area contributed by atoms with Gasteiger partial charge in [0, 0.05) is 25.2 Å². The fraction of sp³-hybridized carbons (Fsp3) is 0.533. The van der Waals surface area contributed by atoms with E-state index in [-0.39, 0.29) is 12.5 Å². The first-order chi connectivity index (χ1) is 10.3. The number of para-hydroxylation sites is 1. The smallest absolute Gasteiger partial charge is 0.260 e. The van der Waals surface area contributed by atoms with E-state index in [4.69, 9.17) is 19.9 Å². The third-order valence-corrected chi connectivity index (χ3v) is 3.28. The molecule has 1 aromatic rings. The summed E-state index contributed by atoms with van der Waals surface area (Å²) in [5.41, 5.74) is 6.55. The van der Waals surface area contributed by atoms with Gasteiger partial charge in [0.15, 0.2) is 18.1 Å². The molecule has 0 aromatic heterocycles. The molecule has 6 heteroatoms. The van der Waals surface area contributed by atoms with Gasteiger partial charge in [-0.25, -0.2) is 0 Å². The van der Waals surface area contributed by atoms with Gasteiger partial charge in [-0.2, -0.15) is 0 Å². The van der Waals surface area contributed by atoms with Crippen molar-refractivity contribution in [2.45, 2.75) is 13.5 Å². The molecule has 6 nitrogen and oxygen atoms in total. The van der Waals surface area contributed by atoms with Gasteiger partial charge in [-0.15, -0.1) is 0 Å². The molecule has 116 valence electrons. The number of benzene rings is 1. The van der Waals surface area contributed by atoms with Crippen LogP contribution in [0.15, 0.2) is 18.2 Å². The zero-order valence-corrected chi connectivity index (χ0v) is 12.3. The van der Waals surface area contributed by atoms with Crippen LogP contribution in [-0.4, -0.2) is 50.3 Å². The van der Waals surface area contributed by atoms with Crippen LogP contribution < -0.4 is 15.2 Å². The van der Waals surface area contributed by atoms with E-state index >= 15 is 0 Å². The van der Waals surface area contributed by atoms with Crippen LogP contribution in [0.1, 0.15) is 12.5 Å². The van der Waals surface area contributed by atoms with Crippen LogP contribution in [0, 0.1) is 0 Å². The molecule has 0 radical (unpaired) electrons. The molecule has 1 aliphatic heterocycles. The lowest BCUT2D eigenvalue weighted by Gasteiger charge is -2.27. The minimum atomic E-state index is -0.0485. The molecule has 1 fully saturated rings. The summed E-state index contributed by atoms with van der Waals surface area (Å²) in [7, 11) is 0. The Balaban J connectivity index is 2.02. The summed E-state index contributed by atoms with van der Waals surface area (Å²) in [4.78, 5) is 13.9. The average Bonchev–Trinajstić information content (AvgIpc) is 2.54. The highest BCUT2D eigenvalue weighted by molar-refractivity contribution is 5.78. The summed E-state index contributed by atoms with van der Waals surface area (Å²) in [6, 6.07) is 5.55. The van der Waals surface area contributed by atoms with Crippen LogP contribution in [0.3, 0.4) is 0 Å². The molecule has 1 aromatic carbocycles. The third-order valence-electron chi connectivity index (χ3n) is 3.28. The minimum Gasteiger partial charge on any atom is -0.490 e. The van der Waals surface area contributed by atoms with Gasteiger partial charge in [0.25, 0.3) is 5.91 Å². The Hall–Kier alpha value is -1.79. The van der Waals surface area contributed by atoms with E-state index in [0.717, 1.165) is 5.56 Å². The first-order valence-electron chi connectivity index (χ1n) is 7.19. The highest BCUT2D eigenvalue weighted by atomic mass is 16.5. The van der Waals surface area contributed by atoms with Crippen molar-refractivity contribution in [3.05, 3.63) is 23.8 Å². The minimum absolute atomic E-state index is 0.0168. The van der Waals surface area contributed by atoms with Crippen molar-refractivity contribution in [2.24, 2.45) is 5.73 Å². The number of morpholine rings is 1. The van der Waals surface area contributed by atoms with Gasteiger partial charge in [0.05, 0.1) is 19.8 Å². The van der Waals surface area contributed by atoms with Crippen molar-refractivity contribution in [2.75, 3.05) is 39.5 Å². The normalized spacial score (nSPS) is 14.9. The number of carbonyl (C=O) groups is 1. The molecule has 1 heterocycles. The van der Waals surface area contributed by atoms with E-state index in [0.29, 0.717) is 51.0 Å². The van der Waals surface area contributed by atoms with Crippen LogP contribution in [0.4, 0.5) is 0 Å². The maximum atomic E-state index is 12.1. The maximum absolute atomic E-state index is 12.1. The molecule has 21 heavy (non-hydrogen) atoms. The van der Waals surface area contributed by atoms with Crippen molar-refractivity contribution in [1.82, 2.24) is 4.90 Å². The van der Waals surface area contributed by atoms with Gasteiger partial charge in [0.2, 0.25) is 0 Å². The Morgan fingerprint density at radius 1 is 1.33 bits per heavy atom. The molecule has 0 unspecified atom stereocenters. The predicted octanol–water partition coefficient (Wildman–Crippen LogP) is 0.782. The zero-order chi connectivity index (χ0) is 15.1. The maximum Gasteiger partial charge on any atom is 0.260 e. The van der Waals surface area contributed by atoms with Gasteiger partial charge in [-0.3, -0.25) is 4.79 Å². The van der Waals surface area contributed by atoms with E-state index < -0.39 is 0 Å². The largest absolute Gasteiger partial charge is 0.490 e. The summed E-state index contributed by atoms with van der Waals surface area (Å²) in [5.74, 6) is 1.13. The fourth-order valence-corrected chi connectivity index (χ4v) is 2.19. The van der Waals surface area contributed by atoms with Gasteiger partial charge in [0.1, 0.15) is 0 Å². The standard InChI is InChI=1S/C15H22N2O4/c1-2-20-13-5-3-4-12(10-16)15(13)21-11-14(18)17-6-8-19-9-7-17/h3-5H,2,6-11,16H2,1H3. The number of ether oxygens (including phenoxy) is 3. The molecule has 1 amide bonds. The van der Waals surface area contributed by atoms with Crippen LogP contribution in [-0.2, 0) is 16.1 Å². The van der Waals surface area contributed by atoms with Gasteiger partial charge < -0.3 is 24.8 Å². The van der Waals surface area contributed by atoms with Crippen molar-refractivity contribution in [3.8, 4) is 11.5 Å². The topological polar surface area (TPSA) is 74.0 Å². The number of amides is 1. The molecule has 0 saturated carbocycles. The summed E-state index contributed by atoms with van der Waals surface area (Å²) >= 11 is 0. The van der Waals surface area contributed by atoms with Crippen LogP contribution in [0.25, 0.3) is 0 Å². The molecule has 1 aliphatic rings. The quantitative estimate of drug-likeness (QED) is 0.839. The fourth-order valence-electron chi connectivity index (χ4n) is 2.19. The van der Waals surface area contributed by atoms with Crippen molar-refractivity contribution in [3.63, 3.8) is 0 Å². The second-order valence-corrected chi connectivity index (χ2v) is 4.66. The molecule has 0 bridgehead atoms. The summed E-state index contributed by atoms with van der Waals surface area (Å²) in [6.45, 7) is 5.13. The highest BCUT2D eigenvalue weighted by Crippen LogP contribution is 2.31. The lowest BCUT2D eigenvalue weighted by Crippen LogP contribution is -2.43. The second-order valence-electron chi connectivity index (χ2n) is 4.66. The SMILES string of the molecule is CCOc1cccc(CN)c1OCC(=O)N1CCOCC1. The van der Waals surface area contributed by atoms with E-state index in [1.807, 2.05) is 25.1 Å². The number of nitrogens with two attached hydrogens (primary N) is 1. The highest BCUT2D eigenvalue weighted by Gasteiger charge is 2.19. The van der Waals surface area contributed by atoms with Gasteiger partial charge in [-0.05, 0) is 13.0 Å². The number of rotatable bonds is 6. The molecule has 0 aliphatic carbocycles. The monoisotopic (exact) mass is 294 g/mol. The van der Waals surface area contributed by atoms with Gasteiger partial charge in [-0.1, -0.05) is 12.1 Å². The van der Waals surface area contributed by atoms with E-state index in [9.17, 15) is 4.79 Å². The Morgan fingerprint density at radius 3 is 2.76 bits per heavy atom. The molecule has 0 spiro atoms. The number of hydrogen-bond acceptors (Lipinski definition) is 5. The van der Waals surface area contributed by atoms with E-state index in [1.54, 1.807) is 4.90 Å². The molecular formula is C15H22N2O4. The second kappa shape index (κ2) is 7.85. The van der Waals surface area contributed by atoms with Crippen molar-refractivity contribution in [1.29, 1.82) is 0 Å². The van der Waals surface area contributed by atoms with Crippen molar-refractivity contribution >= 4 is 5.91 Å². The van der Waals surface area contributed by atoms with Crippen LogP contribution in [0.5, 0.6) is 11.5 Å². The average molecular weight is 294 g/mol. The Bertz CT molecular complexity index is 473. The molecule has 0 atom stereocenters. The summed E-state index contributed by atoms with van der Waals surface area (Å²) in [5, 5.41) is 0. The van der Waals surface area contributed by atoms with E-state index in [2.05, 4.69) is 0 Å². The third kappa shape index (κ3) is 4.09. The molecule has 2 rings (SSSR count). The van der Waals surface area contributed by atoms with Crippen LogP contribution >= 0.6 is 0 Å².